The van der Waals surface area contributed by atoms with E-state index in [1.807, 2.05) is 18.3 Å². The Balaban J connectivity index is 1.14. The fourth-order valence-corrected chi connectivity index (χ4v) is 10.7. The molecule has 1 aliphatic carbocycles. The van der Waals surface area contributed by atoms with Gasteiger partial charge in [-0.25, -0.2) is 0 Å². The standard InChI is InChI=1S/C61H38N3O2/c1-3-16-38(17-4-1)63-34-35-64(39-18-5-2-6-19-39)54-37-52-51(36-53(54)63)45-25-12-24-44(50-29-14-27-48-41-21-8-10-32-56(41)66-61(48)50)58(45)57-42(46-30-15-33-62-59(46)52)22-11-23-43(57)49-28-13-26-47-40-20-7-9-31-55(40)65-60(47)49/h1-34,36-37H,35H2/q+1. The van der Waals surface area contributed by atoms with Gasteiger partial charge in [-0.15, -0.1) is 0 Å². The third-order valence-electron chi connectivity index (χ3n) is 13.6. The van der Waals surface area contributed by atoms with Gasteiger partial charge in [-0.05, 0) is 75.3 Å². The number of fused-ring (bicyclic) bond motifs is 15. The zero-order valence-electron chi connectivity index (χ0n) is 35.6. The van der Waals surface area contributed by atoms with Crippen LogP contribution in [0.3, 0.4) is 0 Å². The van der Waals surface area contributed by atoms with Crippen molar-refractivity contribution < 1.29 is 8.83 Å². The predicted octanol–water partition coefficient (Wildman–Crippen LogP) is 16.3. The summed E-state index contributed by atoms with van der Waals surface area (Å²) in [4.78, 5) is 7.72. The van der Waals surface area contributed by atoms with Gasteiger partial charge in [0.15, 0.2) is 6.21 Å². The van der Waals surface area contributed by atoms with E-state index in [0.717, 1.165) is 134 Å². The Labute approximate surface area is 380 Å². The molecule has 0 bridgehead atoms. The summed E-state index contributed by atoms with van der Waals surface area (Å²) in [6.07, 6.45) is 4.23. The molecule has 0 fully saturated rings. The van der Waals surface area contributed by atoms with Crippen LogP contribution in [0.4, 0.5) is 22.7 Å². The van der Waals surface area contributed by atoms with Crippen molar-refractivity contribution in [1.29, 1.82) is 0 Å². The topological polar surface area (TPSA) is 45.4 Å². The van der Waals surface area contributed by atoms with Gasteiger partial charge in [0.1, 0.15) is 34.6 Å². The predicted molar refractivity (Wildman–Crippen MR) is 272 cm³/mol. The highest BCUT2D eigenvalue weighted by Gasteiger charge is 2.34. The number of benzene rings is 9. The van der Waals surface area contributed by atoms with Crippen molar-refractivity contribution in [2.45, 2.75) is 0 Å². The van der Waals surface area contributed by atoms with Crippen molar-refractivity contribution >= 4 is 72.8 Å². The van der Waals surface area contributed by atoms with E-state index in [9.17, 15) is 0 Å². The van der Waals surface area contributed by atoms with E-state index >= 15 is 0 Å². The third kappa shape index (κ3) is 5.41. The van der Waals surface area contributed by atoms with Crippen molar-refractivity contribution in [2.24, 2.45) is 0 Å². The smallest absolute Gasteiger partial charge is 0.235 e. The summed E-state index contributed by atoms with van der Waals surface area (Å²) in [5.74, 6) is 0. The third-order valence-corrected chi connectivity index (χ3v) is 13.6. The number of furan rings is 2. The molecule has 4 heterocycles. The summed E-state index contributed by atoms with van der Waals surface area (Å²) in [5, 5.41) is 4.38. The minimum atomic E-state index is 0.696. The van der Waals surface area contributed by atoms with Crippen LogP contribution in [-0.2, 0) is 0 Å². The van der Waals surface area contributed by atoms with Gasteiger partial charge in [0, 0.05) is 73.9 Å². The molecule has 0 saturated heterocycles. The second-order valence-corrected chi connectivity index (χ2v) is 17.1. The summed E-state index contributed by atoms with van der Waals surface area (Å²) >= 11 is 0. The largest absolute Gasteiger partial charge is 0.455 e. The lowest BCUT2D eigenvalue weighted by Gasteiger charge is -2.30. The Kier molecular flexibility index (Phi) is 7.98. The molecule has 0 amide bonds. The molecular weight excluding hydrogens is 807 g/mol. The van der Waals surface area contributed by atoms with Crippen LogP contribution in [0, 0.1) is 0 Å². The zero-order valence-corrected chi connectivity index (χ0v) is 35.6. The van der Waals surface area contributed by atoms with Crippen LogP contribution in [0.25, 0.3) is 111 Å². The molecule has 9 aromatic carbocycles. The quantitative estimate of drug-likeness (QED) is 0.166. The lowest BCUT2D eigenvalue weighted by molar-refractivity contribution is 0.669. The number of aromatic nitrogens is 1. The summed E-state index contributed by atoms with van der Waals surface area (Å²) < 4.78 is 16.0. The molecule has 12 aromatic rings. The lowest BCUT2D eigenvalue weighted by Crippen LogP contribution is -2.29. The highest BCUT2D eigenvalue weighted by Crippen LogP contribution is 2.56. The molecule has 0 saturated carbocycles. The average molecular weight is 845 g/mol. The molecule has 1 aliphatic heterocycles. The van der Waals surface area contributed by atoms with Crippen molar-refractivity contribution in [1.82, 2.24) is 9.56 Å². The zero-order chi connectivity index (χ0) is 43.3. The molecule has 0 N–H and O–H groups in total. The molecule has 5 nitrogen and oxygen atoms in total. The van der Waals surface area contributed by atoms with Crippen LogP contribution < -0.4 is 9.48 Å². The molecular formula is C61H38N3O2+. The Bertz CT molecular complexity index is 3970. The van der Waals surface area contributed by atoms with E-state index in [1.165, 1.54) is 0 Å². The summed E-state index contributed by atoms with van der Waals surface area (Å²) in [6.45, 7) is 0.696. The maximum absolute atomic E-state index is 6.85. The van der Waals surface area contributed by atoms with Gasteiger partial charge >= 0.3 is 0 Å². The van der Waals surface area contributed by atoms with Crippen LogP contribution in [0.2, 0.25) is 0 Å². The van der Waals surface area contributed by atoms with Gasteiger partial charge in [-0.1, -0.05) is 152 Å². The van der Waals surface area contributed by atoms with Gasteiger partial charge < -0.3 is 13.7 Å². The number of rotatable bonds is 4. The Morgan fingerprint density at radius 3 is 1.55 bits per heavy atom. The maximum Gasteiger partial charge on any atom is 0.235 e. The summed E-state index contributed by atoms with van der Waals surface area (Å²) in [5.41, 5.74) is 20.7. The fraction of sp³-hybridized carbons (Fsp3) is 0.0164. The number of anilines is 2. The molecule has 3 aromatic heterocycles. The van der Waals surface area contributed by atoms with Crippen LogP contribution in [0.1, 0.15) is 0 Å². The Morgan fingerprint density at radius 1 is 0.409 bits per heavy atom. The van der Waals surface area contributed by atoms with E-state index in [0.29, 0.717) is 6.54 Å². The first kappa shape index (κ1) is 36.7. The van der Waals surface area contributed by atoms with Crippen molar-refractivity contribution in [2.75, 3.05) is 11.4 Å². The van der Waals surface area contributed by atoms with Crippen LogP contribution in [0.5, 0.6) is 0 Å². The summed E-state index contributed by atoms with van der Waals surface area (Å²) in [6, 6.07) is 73.7. The van der Waals surface area contributed by atoms with Gasteiger partial charge in [0.05, 0.1) is 5.69 Å². The monoisotopic (exact) mass is 844 g/mol. The number of nitrogens with zero attached hydrogens (tertiary/aromatic N) is 3. The first-order valence-electron chi connectivity index (χ1n) is 22.5. The molecule has 308 valence electrons. The molecule has 2 aliphatic rings. The van der Waals surface area contributed by atoms with Crippen molar-refractivity contribution in [3.05, 3.63) is 212 Å². The fourth-order valence-electron chi connectivity index (χ4n) is 10.7. The van der Waals surface area contributed by atoms with E-state index in [2.05, 4.69) is 210 Å². The van der Waals surface area contributed by atoms with Gasteiger partial charge in [-0.2, -0.15) is 4.58 Å². The van der Waals surface area contributed by atoms with Gasteiger partial charge in [-0.3, -0.25) is 4.98 Å². The normalized spacial score (nSPS) is 12.8. The maximum atomic E-state index is 6.85. The molecule has 0 atom stereocenters. The van der Waals surface area contributed by atoms with Crippen molar-refractivity contribution in [3.63, 3.8) is 0 Å². The Morgan fingerprint density at radius 2 is 0.909 bits per heavy atom. The molecule has 14 rings (SSSR count). The SMILES string of the molecule is C1=[N+](c2ccccc2)c2cc3c(cc2N(c2ccccc2)C1)-c1ncccc1-c1cccc(-c2cccc4c2oc2ccccc24)c1-c1c-3cccc1-c1cccc2c1oc1ccccc12. The first-order valence-corrected chi connectivity index (χ1v) is 22.5. The van der Waals surface area contributed by atoms with E-state index in [4.69, 9.17) is 13.8 Å². The average Bonchev–Trinajstić information content (AvgIpc) is 3.97. The molecule has 0 radical (unpaired) electrons. The summed E-state index contributed by atoms with van der Waals surface area (Å²) in [7, 11) is 0. The Hall–Kier alpha value is -8.80. The number of hydrogen-bond donors (Lipinski definition) is 0. The highest BCUT2D eigenvalue weighted by molar-refractivity contribution is 6.17. The number of para-hydroxylation sites is 6. The van der Waals surface area contributed by atoms with Gasteiger partial charge in [0.2, 0.25) is 11.4 Å². The van der Waals surface area contributed by atoms with Crippen molar-refractivity contribution in [3.8, 4) is 66.9 Å². The van der Waals surface area contributed by atoms with Gasteiger partial charge in [0.25, 0.3) is 0 Å². The van der Waals surface area contributed by atoms with Crippen LogP contribution >= 0.6 is 0 Å². The second kappa shape index (κ2) is 14.4. The molecule has 0 unspecified atom stereocenters. The molecule has 5 heteroatoms. The van der Waals surface area contributed by atoms with E-state index < -0.39 is 0 Å². The highest BCUT2D eigenvalue weighted by atomic mass is 16.3. The minimum Gasteiger partial charge on any atom is -0.455 e. The lowest BCUT2D eigenvalue weighted by atomic mass is 9.76. The van der Waals surface area contributed by atoms with Crippen LogP contribution in [-0.4, -0.2) is 17.7 Å². The van der Waals surface area contributed by atoms with Crippen LogP contribution in [0.15, 0.2) is 221 Å². The first-order chi connectivity index (χ1) is 32.8. The molecule has 66 heavy (non-hydrogen) atoms. The molecule has 0 spiro atoms. The second-order valence-electron chi connectivity index (χ2n) is 17.1. The van der Waals surface area contributed by atoms with E-state index in [1.54, 1.807) is 0 Å². The minimum absolute atomic E-state index is 0.696. The number of pyridine rings is 1. The number of hydrogen-bond acceptors (Lipinski definition) is 4. The van der Waals surface area contributed by atoms with E-state index in [-0.39, 0.29) is 0 Å².